The Bertz CT molecular complexity index is 628. The number of hydrogen-bond donors (Lipinski definition) is 2. The van der Waals surface area contributed by atoms with Crippen molar-refractivity contribution in [2.45, 2.75) is 25.3 Å². The number of likely N-dealkylation sites (N-methyl/N-ethyl adjacent to an activating group) is 1. The predicted octanol–water partition coefficient (Wildman–Crippen LogP) is 0.736. The van der Waals surface area contributed by atoms with Crippen LogP contribution < -0.4 is 20.5 Å². The van der Waals surface area contributed by atoms with Crippen molar-refractivity contribution in [1.82, 2.24) is 4.90 Å². The summed E-state index contributed by atoms with van der Waals surface area (Å²) in [6.45, 7) is 3.28. The number of anilines is 1. The number of carbonyl (C=O) groups excluding carboxylic acids is 2. The fourth-order valence-corrected chi connectivity index (χ4v) is 2.49. The van der Waals surface area contributed by atoms with E-state index in [2.05, 4.69) is 5.32 Å². The zero-order valence-corrected chi connectivity index (χ0v) is 13.1. The first-order valence-corrected chi connectivity index (χ1v) is 7.79. The van der Waals surface area contributed by atoms with Crippen molar-refractivity contribution in [3.63, 3.8) is 0 Å². The summed E-state index contributed by atoms with van der Waals surface area (Å²) in [5.41, 5.74) is 5.77. The summed E-state index contributed by atoms with van der Waals surface area (Å²) < 4.78 is 10.9. The highest BCUT2D eigenvalue weighted by Crippen LogP contribution is 2.34. The molecule has 1 aliphatic heterocycles. The largest absolute Gasteiger partial charge is 0.486 e. The second kappa shape index (κ2) is 6.08. The maximum absolute atomic E-state index is 12.2. The van der Waals surface area contributed by atoms with Gasteiger partial charge in [0.2, 0.25) is 11.8 Å². The van der Waals surface area contributed by atoms with Crippen LogP contribution in [-0.2, 0) is 9.59 Å². The lowest BCUT2D eigenvalue weighted by molar-refractivity contribution is -0.136. The van der Waals surface area contributed by atoms with Gasteiger partial charge in [-0.3, -0.25) is 9.59 Å². The molecule has 0 radical (unpaired) electrons. The molecule has 23 heavy (non-hydrogen) atoms. The van der Waals surface area contributed by atoms with Crippen LogP contribution in [0.15, 0.2) is 18.2 Å². The first-order chi connectivity index (χ1) is 11.0. The van der Waals surface area contributed by atoms with Gasteiger partial charge in [-0.2, -0.15) is 0 Å². The molecule has 2 amide bonds. The Hall–Kier alpha value is -2.28. The average Bonchev–Trinajstić information content (AvgIpc) is 3.31. The van der Waals surface area contributed by atoms with E-state index < -0.39 is 5.54 Å². The standard InChI is InChI=1S/C16H21N3O4/c1-2-19(15(21)16(17)5-6-16)10-14(20)18-11-3-4-12-13(9-11)23-8-7-22-12/h3-4,9H,2,5-8,10,17H2,1H3,(H,18,20). The SMILES string of the molecule is CCN(CC(=O)Nc1ccc2c(c1)OCCO2)C(=O)C1(N)CC1. The van der Waals surface area contributed by atoms with E-state index in [0.717, 1.165) is 0 Å². The van der Waals surface area contributed by atoms with Crippen molar-refractivity contribution in [1.29, 1.82) is 0 Å². The van der Waals surface area contributed by atoms with Crippen molar-refractivity contribution in [3.8, 4) is 11.5 Å². The summed E-state index contributed by atoms with van der Waals surface area (Å²) >= 11 is 0. The van der Waals surface area contributed by atoms with E-state index >= 15 is 0 Å². The third-order valence-corrected chi connectivity index (χ3v) is 4.04. The molecule has 7 heteroatoms. The minimum atomic E-state index is -0.757. The highest BCUT2D eigenvalue weighted by Gasteiger charge is 2.48. The first kappa shape index (κ1) is 15.6. The lowest BCUT2D eigenvalue weighted by Crippen LogP contribution is -2.48. The highest BCUT2D eigenvalue weighted by molar-refractivity contribution is 5.97. The topological polar surface area (TPSA) is 93.9 Å². The zero-order valence-electron chi connectivity index (χ0n) is 13.1. The van der Waals surface area contributed by atoms with Crippen LogP contribution in [0.1, 0.15) is 19.8 Å². The van der Waals surface area contributed by atoms with E-state index in [0.29, 0.717) is 49.8 Å². The summed E-state index contributed by atoms with van der Waals surface area (Å²) in [4.78, 5) is 25.9. The number of hydrogen-bond acceptors (Lipinski definition) is 5. The number of nitrogens with one attached hydrogen (secondary N) is 1. The molecule has 1 fully saturated rings. The van der Waals surface area contributed by atoms with Crippen LogP contribution in [0.25, 0.3) is 0 Å². The molecule has 0 aromatic heterocycles. The van der Waals surface area contributed by atoms with Crippen LogP contribution in [0, 0.1) is 0 Å². The average molecular weight is 319 g/mol. The summed E-state index contributed by atoms with van der Waals surface area (Å²) in [5, 5.41) is 2.77. The second-order valence-corrected chi connectivity index (χ2v) is 5.88. The van der Waals surface area contributed by atoms with Crippen LogP contribution in [0.2, 0.25) is 0 Å². The van der Waals surface area contributed by atoms with Gasteiger partial charge in [-0.1, -0.05) is 0 Å². The molecule has 124 valence electrons. The Morgan fingerprint density at radius 1 is 1.26 bits per heavy atom. The van der Waals surface area contributed by atoms with Crippen LogP contribution in [0.3, 0.4) is 0 Å². The predicted molar refractivity (Wildman–Crippen MR) is 84.5 cm³/mol. The van der Waals surface area contributed by atoms with Crippen molar-refractivity contribution in [2.75, 3.05) is 31.6 Å². The van der Waals surface area contributed by atoms with Gasteiger partial charge in [0.1, 0.15) is 13.2 Å². The van der Waals surface area contributed by atoms with E-state index in [4.69, 9.17) is 15.2 Å². The minimum Gasteiger partial charge on any atom is -0.486 e. The van der Waals surface area contributed by atoms with Crippen molar-refractivity contribution in [2.24, 2.45) is 5.73 Å². The molecule has 2 aliphatic rings. The van der Waals surface area contributed by atoms with Gasteiger partial charge in [0, 0.05) is 18.3 Å². The summed E-state index contributed by atoms with van der Waals surface area (Å²) in [7, 11) is 0. The number of fused-ring (bicyclic) bond motifs is 1. The Kier molecular flexibility index (Phi) is 4.12. The molecule has 1 saturated carbocycles. The monoisotopic (exact) mass is 319 g/mol. The molecule has 0 unspecified atom stereocenters. The third-order valence-electron chi connectivity index (χ3n) is 4.04. The van der Waals surface area contributed by atoms with Crippen LogP contribution in [0.4, 0.5) is 5.69 Å². The van der Waals surface area contributed by atoms with Gasteiger partial charge < -0.3 is 25.4 Å². The Morgan fingerprint density at radius 2 is 1.96 bits per heavy atom. The summed E-state index contributed by atoms with van der Waals surface area (Å²) in [5.74, 6) is 0.855. The molecule has 7 nitrogen and oxygen atoms in total. The number of amides is 2. The van der Waals surface area contributed by atoms with Gasteiger partial charge in [-0.25, -0.2) is 0 Å². The molecule has 1 heterocycles. The van der Waals surface area contributed by atoms with Gasteiger partial charge in [0.25, 0.3) is 0 Å². The second-order valence-electron chi connectivity index (χ2n) is 5.88. The van der Waals surface area contributed by atoms with Gasteiger partial charge in [-0.15, -0.1) is 0 Å². The normalized spacial score (nSPS) is 17.3. The van der Waals surface area contributed by atoms with Gasteiger partial charge in [0.15, 0.2) is 11.5 Å². The molecule has 1 aliphatic carbocycles. The molecular formula is C16H21N3O4. The van der Waals surface area contributed by atoms with E-state index in [-0.39, 0.29) is 18.4 Å². The number of nitrogens with two attached hydrogens (primary N) is 1. The fraction of sp³-hybridized carbons (Fsp3) is 0.500. The van der Waals surface area contributed by atoms with E-state index in [1.54, 1.807) is 18.2 Å². The van der Waals surface area contributed by atoms with Crippen molar-refractivity contribution < 1.29 is 19.1 Å². The Morgan fingerprint density at radius 3 is 2.61 bits per heavy atom. The molecular weight excluding hydrogens is 298 g/mol. The number of ether oxygens (including phenoxy) is 2. The molecule has 0 saturated heterocycles. The molecule has 1 aromatic carbocycles. The molecule has 3 N–H and O–H groups in total. The summed E-state index contributed by atoms with van der Waals surface area (Å²) in [6, 6.07) is 5.22. The Balaban J connectivity index is 1.61. The number of nitrogens with zero attached hydrogens (tertiary/aromatic N) is 1. The number of benzene rings is 1. The first-order valence-electron chi connectivity index (χ1n) is 7.79. The van der Waals surface area contributed by atoms with Crippen LogP contribution >= 0.6 is 0 Å². The minimum absolute atomic E-state index is 0.0112. The van der Waals surface area contributed by atoms with Crippen LogP contribution in [-0.4, -0.2) is 48.6 Å². The smallest absolute Gasteiger partial charge is 0.243 e. The maximum Gasteiger partial charge on any atom is 0.243 e. The summed E-state index contributed by atoms with van der Waals surface area (Å²) in [6.07, 6.45) is 1.37. The Labute approximate surface area is 134 Å². The molecule has 1 aromatic rings. The van der Waals surface area contributed by atoms with Gasteiger partial charge in [0.05, 0.1) is 12.1 Å². The molecule has 0 spiro atoms. The van der Waals surface area contributed by atoms with Crippen molar-refractivity contribution in [3.05, 3.63) is 18.2 Å². The third kappa shape index (κ3) is 3.39. The maximum atomic E-state index is 12.2. The van der Waals surface area contributed by atoms with Gasteiger partial charge >= 0.3 is 0 Å². The number of carbonyl (C=O) groups is 2. The lowest BCUT2D eigenvalue weighted by Gasteiger charge is -2.24. The zero-order chi connectivity index (χ0) is 16.4. The molecule has 0 bridgehead atoms. The quantitative estimate of drug-likeness (QED) is 0.835. The van der Waals surface area contributed by atoms with Crippen molar-refractivity contribution >= 4 is 17.5 Å². The van der Waals surface area contributed by atoms with Gasteiger partial charge in [-0.05, 0) is 31.9 Å². The lowest BCUT2D eigenvalue weighted by atomic mass is 10.2. The van der Waals surface area contributed by atoms with E-state index in [1.165, 1.54) is 4.90 Å². The fourth-order valence-electron chi connectivity index (χ4n) is 2.49. The molecule has 0 atom stereocenters. The molecule has 3 rings (SSSR count). The van der Waals surface area contributed by atoms with E-state index in [9.17, 15) is 9.59 Å². The van der Waals surface area contributed by atoms with Crippen LogP contribution in [0.5, 0.6) is 11.5 Å². The highest BCUT2D eigenvalue weighted by atomic mass is 16.6. The van der Waals surface area contributed by atoms with E-state index in [1.807, 2.05) is 6.92 Å². The number of rotatable bonds is 5.